The minimum absolute atomic E-state index is 0.0856. The van der Waals surface area contributed by atoms with Crippen LogP contribution in [0.25, 0.3) is 0 Å². The number of nitrogens with zero attached hydrogens (tertiary/aromatic N) is 1. The number of rotatable bonds is 1. The molecular weight excluding hydrogens is 154 g/mol. The third-order valence-electron chi connectivity index (χ3n) is 1.96. The van der Waals surface area contributed by atoms with Crippen molar-refractivity contribution in [2.24, 2.45) is 0 Å². The molecule has 0 aromatic rings. The average Bonchev–Trinajstić information content (AvgIpc) is 1.97. The van der Waals surface area contributed by atoms with Crippen LogP contribution < -0.4 is 0 Å². The molecule has 1 aliphatic rings. The Balaban J connectivity index is 2.76. The molecule has 0 heterocycles. The van der Waals surface area contributed by atoms with Crippen molar-refractivity contribution in [1.29, 1.82) is 0 Å². The fourth-order valence-electron chi connectivity index (χ4n) is 1.38. The SMILES string of the molecule is CN(C)/C=C1/C(=O)CCCC1O. The normalized spacial score (nSPS) is 27.8. The molecule has 12 heavy (non-hydrogen) atoms. The van der Waals surface area contributed by atoms with E-state index in [-0.39, 0.29) is 5.78 Å². The number of hydrogen-bond acceptors (Lipinski definition) is 3. The molecule has 1 rings (SSSR count). The number of aliphatic hydroxyl groups is 1. The Hall–Kier alpha value is -0.830. The van der Waals surface area contributed by atoms with Gasteiger partial charge in [0.25, 0.3) is 0 Å². The Morgan fingerprint density at radius 3 is 2.75 bits per heavy atom. The summed E-state index contributed by atoms with van der Waals surface area (Å²) in [6.45, 7) is 0. The smallest absolute Gasteiger partial charge is 0.162 e. The second-order valence-corrected chi connectivity index (χ2v) is 3.38. The first kappa shape index (κ1) is 9.26. The van der Waals surface area contributed by atoms with Gasteiger partial charge >= 0.3 is 0 Å². The van der Waals surface area contributed by atoms with Crippen molar-refractivity contribution in [2.75, 3.05) is 14.1 Å². The molecule has 0 spiro atoms. The molecule has 3 heteroatoms. The summed E-state index contributed by atoms with van der Waals surface area (Å²) >= 11 is 0. The van der Waals surface area contributed by atoms with Crippen LogP contribution in [0.3, 0.4) is 0 Å². The van der Waals surface area contributed by atoms with Crippen LogP contribution in [0.4, 0.5) is 0 Å². The first-order chi connectivity index (χ1) is 5.61. The molecule has 1 aliphatic carbocycles. The maximum absolute atomic E-state index is 11.3. The molecule has 0 saturated heterocycles. The maximum atomic E-state index is 11.3. The predicted molar refractivity (Wildman–Crippen MR) is 46.6 cm³/mol. The van der Waals surface area contributed by atoms with Gasteiger partial charge in [-0.3, -0.25) is 4.79 Å². The molecule has 68 valence electrons. The highest BCUT2D eigenvalue weighted by molar-refractivity contribution is 5.96. The zero-order chi connectivity index (χ0) is 9.14. The molecule has 0 aliphatic heterocycles. The first-order valence-electron chi connectivity index (χ1n) is 4.20. The van der Waals surface area contributed by atoms with Gasteiger partial charge in [0, 0.05) is 32.3 Å². The molecule has 1 fully saturated rings. The van der Waals surface area contributed by atoms with Gasteiger partial charge in [-0.1, -0.05) is 0 Å². The van der Waals surface area contributed by atoms with Gasteiger partial charge in [0.1, 0.15) is 0 Å². The van der Waals surface area contributed by atoms with Crippen molar-refractivity contribution >= 4 is 5.78 Å². The summed E-state index contributed by atoms with van der Waals surface area (Å²) in [5.41, 5.74) is 0.561. The minimum Gasteiger partial charge on any atom is -0.388 e. The van der Waals surface area contributed by atoms with Crippen LogP contribution >= 0.6 is 0 Å². The number of carbonyl (C=O) groups excluding carboxylic acids is 1. The fourth-order valence-corrected chi connectivity index (χ4v) is 1.38. The molecular formula is C9H15NO2. The zero-order valence-electron chi connectivity index (χ0n) is 7.58. The van der Waals surface area contributed by atoms with Crippen LogP contribution in [0, 0.1) is 0 Å². The minimum atomic E-state index is -0.548. The van der Waals surface area contributed by atoms with Crippen LogP contribution in [0.5, 0.6) is 0 Å². The highest BCUT2D eigenvalue weighted by Crippen LogP contribution is 2.20. The maximum Gasteiger partial charge on any atom is 0.162 e. The van der Waals surface area contributed by atoms with E-state index in [4.69, 9.17) is 0 Å². The lowest BCUT2D eigenvalue weighted by atomic mass is 9.91. The Morgan fingerprint density at radius 1 is 1.58 bits per heavy atom. The number of Topliss-reactive ketones (excluding diaryl/α,β-unsaturated/α-hetero) is 1. The molecule has 1 N–H and O–H groups in total. The van der Waals surface area contributed by atoms with Crippen LogP contribution in [0.15, 0.2) is 11.8 Å². The lowest BCUT2D eigenvalue weighted by Crippen LogP contribution is -2.25. The summed E-state index contributed by atoms with van der Waals surface area (Å²) in [4.78, 5) is 13.1. The van der Waals surface area contributed by atoms with E-state index in [1.54, 1.807) is 11.1 Å². The number of aliphatic hydroxyl groups excluding tert-OH is 1. The van der Waals surface area contributed by atoms with E-state index in [2.05, 4.69) is 0 Å². The van der Waals surface area contributed by atoms with Crippen LogP contribution in [0.1, 0.15) is 19.3 Å². The largest absolute Gasteiger partial charge is 0.388 e. The number of hydrogen-bond donors (Lipinski definition) is 1. The molecule has 0 radical (unpaired) electrons. The van der Waals surface area contributed by atoms with Crippen molar-refractivity contribution in [2.45, 2.75) is 25.4 Å². The van der Waals surface area contributed by atoms with Gasteiger partial charge in [-0.25, -0.2) is 0 Å². The summed E-state index contributed by atoms with van der Waals surface area (Å²) in [6, 6.07) is 0. The van der Waals surface area contributed by atoms with Crippen LogP contribution in [-0.2, 0) is 4.79 Å². The monoisotopic (exact) mass is 169 g/mol. The fraction of sp³-hybridized carbons (Fsp3) is 0.667. The predicted octanol–water partition coefficient (Wildman–Crippen LogP) is 0.546. The Labute approximate surface area is 72.7 Å². The third kappa shape index (κ3) is 2.08. The highest BCUT2D eigenvalue weighted by Gasteiger charge is 2.23. The topological polar surface area (TPSA) is 40.5 Å². The third-order valence-corrected chi connectivity index (χ3v) is 1.96. The van der Waals surface area contributed by atoms with Gasteiger partial charge in [-0.2, -0.15) is 0 Å². The quantitative estimate of drug-likeness (QED) is 0.583. The van der Waals surface area contributed by atoms with E-state index in [0.717, 1.165) is 6.42 Å². The first-order valence-corrected chi connectivity index (χ1v) is 4.20. The standard InChI is InChI=1S/C9H15NO2/c1-10(2)6-7-8(11)4-3-5-9(7)12/h6,8,11H,3-5H2,1-2H3/b7-6+. The lowest BCUT2D eigenvalue weighted by Gasteiger charge is -2.20. The second kappa shape index (κ2) is 3.72. The number of ketones is 1. The summed E-state index contributed by atoms with van der Waals surface area (Å²) in [6.07, 6.45) is 3.27. The van der Waals surface area contributed by atoms with E-state index in [1.165, 1.54) is 0 Å². The van der Waals surface area contributed by atoms with E-state index in [0.29, 0.717) is 18.4 Å². The van der Waals surface area contributed by atoms with Gasteiger partial charge in [-0.15, -0.1) is 0 Å². The molecule has 0 bridgehead atoms. The Morgan fingerprint density at radius 2 is 2.25 bits per heavy atom. The molecule has 0 aromatic heterocycles. The zero-order valence-corrected chi connectivity index (χ0v) is 7.58. The molecule has 0 amide bonds. The van der Waals surface area contributed by atoms with Crippen molar-refractivity contribution in [3.05, 3.63) is 11.8 Å². The molecule has 1 unspecified atom stereocenters. The molecule has 0 aromatic carbocycles. The summed E-state index contributed by atoms with van der Waals surface area (Å²) in [5.74, 6) is 0.0856. The van der Waals surface area contributed by atoms with E-state index in [1.807, 2.05) is 14.1 Å². The van der Waals surface area contributed by atoms with Gasteiger partial charge in [-0.05, 0) is 12.8 Å². The molecule has 1 saturated carbocycles. The van der Waals surface area contributed by atoms with Gasteiger partial charge in [0.05, 0.1) is 6.10 Å². The Bertz CT molecular complexity index is 209. The van der Waals surface area contributed by atoms with E-state index in [9.17, 15) is 9.90 Å². The van der Waals surface area contributed by atoms with E-state index >= 15 is 0 Å². The molecule has 3 nitrogen and oxygen atoms in total. The molecule has 1 atom stereocenters. The van der Waals surface area contributed by atoms with Crippen molar-refractivity contribution in [3.63, 3.8) is 0 Å². The lowest BCUT2D eigenvalue weighted by molar-refractivity contribution is -0.118. The summed E-state index contributed by atoms with van der Waals surface area (Å²) in [5, 5.41) is 9.47. The summed E-state index contributed by atoms with van der Waals surface area (Å²) < 4.78 is 0. The average molecular weight is 169 g/mol. The number of carbonyl (C=O) groups is 1. The van der Waals surface area contributed by atoms with Gasteiger partial charge in [0.2, 0.25) is 0 Å². The van der Waals surface area contributed by atoms with Crippen molar-refractivity contribution in [3.8, 4) is 0 Å². The van der Waals surface area contributed by atoms with Crippen molar-refractivity contribution in [1.82, 2.24) is 4.90 Å². The van der Waals surface area contributed by atoms with E-state index < -0.39 is 6.10 Å². The second-order valence-electron chi connectivity index (χ2n) is 3.38. The highest BCUT2D eigenvalue weighted by atomic mass is 16.3. The van der Waals surface area contributed by atoms with Crippen molar-refractivity contribution < 1.29 is 9.90 Å². The van der Waals surface area contributed by atoms with Gasteiger partial charge in [0.15, 0.2) is 5.78 Å². The van der Waals surface area contributed by atoms with Crippen LogP contribution in [0.2, 0.25) is 0 Å². The van der Waals surface area contributed by atoms with Crippen LogP contribution in [-0.4, -0.2) is 36.0 Å². The van der Waals surface area contributed by atoms with Gasteiger partial charge < -0.3 is 10.0 Å². The Kier molecular flexibility index (Phi) is 2.87. The summed E-state index contributed by atoms with van der Waals surface area (Å²) in [7, 11) is 3.70.